The predicted molar refractivity (Wildman–Crippen MR) is 66.1 cm³/mol. The van der Waals surface area contributed by atoms with Crippen LogP contribution in [0.3, 0.4) is 0 Å². The van der Waals surface area contributed by atoms with Crippen LogP contribution in [0.2, 0.25) is 0 Å². The van der Waals surface area contributed by atoms with E-state index >= 15 is 0 Å². The fourth-order valence-electron chi connectivity index (χ4n) is 1.96. The highest BCUT2D eigenvalue weighted by molar-refractivity contribution is 5.87. The Bertz CT molecular complexity index is 578. The molecule has 0 bridgehead atoms. The van der Waals surface area contributed by atoms with Crippen molar-refractivity contribution in [1.82, 2.24) is 0 Å². The van der Waals surface area contributed by atoms with Crippen molar-refractivity contribution < 1.29 is 23.0 Å². The van der Waals surface area contributed by atoms with Gasteiger partial charge in [0.2, 0.25) is 0 Å². The van der Waals surface area contributed by atoms with E-state index in [-0.39, 0.29) is 5.56 Å². The number of ether oxygens (including phenoxy) is 1. The summed E-state index contributed by atoms with van der Waals surface area (Å²) < 4.78 is 43.1. The van der Waals surface area contributed by atoms with Crippen LogP contribution in [0.25, 0.3) is 10.8 Å². The van der Waals surface area contributed by atoms with Gasteiger partial charge in [-0.1, -0.05) is 24.3 Å². The van der Waals surface area contributed by atoms with E-state index in [0.29, 0.717) is 23.1 Å². The van der Waals surface area contributed by atoms with Gasteiger partial charge in [0.05, 0.1) is 6.61 Å². The summed E-state index contributed by atoms with van der Waals surface area (Å²) in [6.07, 6.45) is -7.15. The molecular weight excluding hydrogens is 257 g/mol. The van der Waals surface area contributed by atoms with E-state index in [1.54, 1.807) is 18.2 Å². The van der Waals surface area contributed by atoms with E-state index in [1.807, 2.05) is 6.92 Å². The zero-order chi connectivity index (χ0) is 14.0. The number of fused-ring (bicyclic) bond motifs is 1. The molecule has 0 aromatic heterocycles. The molecule has 2 aromatic carbocycles. The second kappa shape index (κ2) is 5.09. The zero-order valence-electron chi connectivity index (χ0n) is 10.2. The maximum atomic E-state index is 12.6. The van der Waals surface area contributed by atoms with Crippen LogP contribution in [0, 0.1) is 0 Å². The van der Waals surface area contributed by atoms with Crippen LogP contribution in [0.4, 0.5) is 13.2 Å². The molecule has 19 heavy (non-hydrogen) atoms. The standard InChI is InChI=1S/C14H13F3O2/c1-2-19-10-6-7-11-9(8-10)4-3-5-12(11)13(18)14(15,16)17/h3-8,13,18H,2H2,1H3. The Morgan fingerprint density at radius 2 is 1.95 bits per heavy atom. The lowest BCUT2D eigenvalue weighted by Gasteiger charge is -2.17. The average molecular weight is 270 g/mol. The largest absolute Gasteiger partial charge is 0.494 e. The zero-order valence-corrected chi connectivity index (χ0v) is 10.2. The Kier molecular flexibility index (Phi) is 3.66. The highest BCUT2D eigenvalue weighted by Gasteiger charge is 2.40. The summed E-state index contributed by atoms with van der Waals surface area (Å²) >= 11 is 0. The van der Waals surface area contributed by atoms with Crippen molar-refractivity contribution in [2.24, 2.45) is 0 Å². The first-order valence-electron chi connectivity index (χ1n) is 5.83. The Hall–Kier alpha value is -1.75. The topological polar surface area (TPSA) is 29.5 Å². The van der Waals surface area contributed by atoms with E-state index in [2.05, 4.69) is 0 Å². The fraction of sp³-hybridized carbons (Fsp3) is 0.286. The van der Waals surface area contributed by atoms with Crippen LogP contribution in [-0.4, -0.2) is 17.9 Å². The summed E-state index contributed by atoms with van der Waals surface area (Å²) in [5, 5.41) is 10.3. The molecule has 0 aliphatic rings. The molecule has 0 heterocycles. The Morgan fingerprint density at radius 3 is 2.58 bits per heavy atom. The van der Waals surface area contributed by atoms with Gasteiger partial charge in [-0.15, -0.1) is 0 Å². The smallest absolute Gasteiger partial charge is 0.418 e. The van der Waals surface area contributed by atoms with E-state index in [9.17, 15) is 18.3 Å². The minimum absolute atomic E-state index is 0.145. The lowest BCUT2D eigenvalue weighted by atomic mass is 10.00. The highest BCUT2D eigenvalue weighted by Crippen LogP contribution is 2.36. The van der Waals surface area contributed by atoms with Crippen LogP contribution >= 0.6 is 0 Å². The molecule has 5 heteroatoms. The van der Waals surface area contributed by atoms with Crippen molar-refractivity contribution in [1.29, 1.82) is 0 Å². The van der Waals surface area contributed by atoms with Crippen molar-refractivity contribution in [2.45, 2.75) is 19.2 Å². The van der Waals surface area contributed by atoms with Crippen LogP contribution in [0.1, 0.15) is 18.6 Å². The molecule has 1 atom stereocenters. The summed E-state index contributed by atoms with van der Waals surface area (Å²) in [5.74, 6) is 0.591. The first-order valence-corrected chi connectivity index (χ1v) is 5.83. The number of rotatable bonds is 3. The second-order valence-corrected chi connectivity index (χ2v) is 4.11. The van der Waals surface area contributed by atoms with Crippen molar-refractivity contribution in [3.05, 3.63) is 42.0 Å². The first kappa shape index (κ1) is 13.7. The number of hydrogen-bond donors (Lipinski definition) is 1. The van der Waals surface area contributed by atoms with Gasteiger partial charge in [0.15, 0.2) is 6.10 Å². The van der Waals surface area contributed by atoms with Crippen LogP contribution in [0.5, 0.6) is 5.75 Å². The molecule has 1 N–H and O–H groups in total. The molecule has 102 valence electrons. The quantitative estimate of drug-likeness (QED) is 0.918. The minimum atomic E-state index is -4.67. The lowest BCUT2D eigenvalue weighted by Crippen LogP contribution is -2.20. The third-order valence-electron chi connectivity index (χ3n) is 2.80. The van der Waals surface area contributed by atoms with Crippen LogP contribution < -0.4 is 4.74 Å². The summed E-state index contributed by atoms with van der Waals surface area (Å²) in [4.78, 5) is 0. The molecule has 0 radical (unpaired) electrons. The maximum absolute atomic E-state index is 12.6. The highest BCUT2D eigenvalue weighted by atomic mass is 19.4. The minimum Gasteiger partial charge on any atom is -0.494 e. The molecule has 0 aliphatic heterocycles. The van der Waals surface area contributed by atoms with Gasteiger partial charge in [0.1, 0.15) is 5.75 Å². The summed E-state index contributed by atoms with van der Waals surface area (Å²) in [6.45, 7) is 2.31. The predicted octanol–water partition coefficient (Wildman–Crippen LogP) is 3.83. The number of halogens is 3. The Balaban J connectivity index is 2.52. The first-order chi connectivity index (χ1) is 8.93. The van der Waals surface area contributed by atoms with Gasteiger partial charge in [0.25, 0.3) is 0 Å². The molecule has 2 nitrogen and oxygen atoms in total. The fourth-order valence-corrected chi connectivity index (χ4v) is 1.96. The van der Waals surface area contributed by atoms with Gasteiger partial charge in [-0.2, -0.15) is 13.2 Å². The SMILES string of the molecule is CCOc1ccc2c(C(O)C(F)(F)F)cccc2c1. The molecule has 2 aromatic rings. The molecule has 1 unspecified atom stereocenters. The molecule has 2 rings (SSSR count). The van der Waals surface area contributed by atoms with Gasteiger partial charge in [0, 0.05) is 0 Å². The number of alkyl halides is 3. The third kappa shape index (κ3) is 2.81. The van der Waals surface area contributed by atoms with Crippen molar-refractivity contribution in [2.75, 3.05) is 6.61 Å². The molecule has 0 saturated heterocycles. The maximum Gasteiger partial charge on any atom is 0.418 e. The Morgan fingerprint density at radius 1 is 1.21 bits per heavy atom. The van der Waals surface area contributed by atoms with Gasteiger partial charge in [-0.3, -0.25) is 0 Å². The number of aliphatic hydroxyl groups excluding tert-OH is 1. The molecule has 0 amide bonds. The molecule has 0 saturated carbocycles. The average Bonchev–Trinajstić information content (AvgIpc) is 2.36. The lowest BCUT2D eigenvalue weighted by molar-refractivity contribution is -0.206. The summed E-state index contributed by atoms with van der Waals surface area (Å²) in [7, 11) is 0. The molecular formula is C14H13F3O2. The van der Waals surface area contributed by atoms with Crippen LogP contribution in [-0.2, 0) is 0 Å². The monoisotopic (exact) mass is 270 g/mol. The van der Waals surface area contributed by atoms with Gasteiger partial charge in [-0.05, 0) is 35.4 Å². The van der Waals surface area contributed by atoms with Crippen molar-refractivity contribution in [3.63, 3.8) is 0 Å². The van der Waals surface area contributed by atoms with Gasteiger partial charge >= 0.3 is 6.18 Å². The normalized spacial score (nSPS) is 13.5. The van der Waals surface area contributed by atoms with E-state index in [0.717, 1.165) is 0 Å². The summed E-state index contributed by atoms with van der Waals surface area (Å²) in [6, 6.07) is 9.24. The molecule has 0 fully saturated rings. The Labute approximate surface area is 108 Å². The van der Waals surface area contributed by atoms with E-state index in [4.69, 9.17) is 4.74 Å². The number of aliphatic hydroxyl groups is 1. The second-order valence-electron chi connectivity index (χ2n) is 4.11. The number of benzene rings is 2. The van der Waals surface area contributed by atoms with Gasteiger partial charge in [-0.25, -0.2) is 0 Å². The van der Waals surface area contributed by atoms with Crippen molar-refractivity contribution in [3.8, 4) is 5.75 Å². The number of hydrogen-bond acceptors (Lipinski definition) is 2. The molecule has 0 spiro atoms. The summed E-state index contributed by atoms with van der Waals surface area (Å²) in [5.41, 5.74) is -0.145. The van der Waals surface area contributed by atoms with Crippen LogP contribution in [0.15, 0.2) is 36.4 Å². The third-order valence-corrected chi connectivity index (χ3v) is 2.80. The van der Waals surface area contributed by atoms with E-state index in [1.165, 1.54) is 18.2 Å². The van der Waals surface area contributed by atoms with E-state index < -0.39 is 12.3 Å². The van der Waals surface area contributed by atoms with Crippen molar-refractivity contribution >= 4 is 10.8 Å². The molecule has 0 aliphatic carbocycles. The van der Waals surface area contributed by atoms with Gasteiger partial charge < -0.3 is 9.84 Å².